The third-order valence-electron chi connectivity index (χ3n) is 2.65. The molecule has 1 aromatic carbocycles. The summed E-state index contributed by atoms with van der Waals surface area (Å²) in [7, 11) is 1.56. The molecule has 106 valence electrons. The number of ether oxygens (including phenoxy) is 1. The van der Waals surface area contributed by atoms with Gasteiger partial charge in [-0.3, -0.25) is 0 Å². The maximum Gasteiger partial charge on any atom is 0.433 e. The summed E-state index contributed by atoms with van der Waals surface area (Å²) in [4.78, 5) is 3.53. The van der Waals surface area contributed by atoms with E-state index in [0.29, 0.717) is 12.3 Å². The second-order valence-corrected chi connectivity index (χ2v) is 4.11. The minimum Gasteiger partial charge on any atom is -0.497 e. The lowest BCUT2D eigenvalue weighted by atomic mass is 10.2. The summed E-state index contributed by atoms with van der Waals surface area (Å²) in [6.45, 7) is 0.367. The van der Waals surface area contributed by atoms with Gasteiger partial charge in [0.1, 0.15) is 17.3 Å². The minimum atomic E-state index is -4.44. The Bertz CT molecular complexity index is 585. The van der Waals surface area contributed by atoms with Gasteiger partial charge in [-0.15, -0.1) is 0 Å². The number of halogens is 3. The van der Waals surface area contributed by atoms with Gasteiger partial charge in [-0.25, -0.2) is 4.98 Å². The van der Waals surface area contributed by atoms with Gasteiger partial charge in [0.2, 0.25) is 0 Å². The summed E-state index contributed by atoms with van der Waals surface area (Å²) < 4.78 is 42.6. The fourth-order valence-corrected chi connectivity index (χ4v) is 1.67. The van der Waals surface area contributed by atoms with Crippen LogP contribution in [0, 0.1) is 0 Å². The van der Waals surface area contributed by atoms with Crippen LogP contribution in [-0.2, 0) is 12.7 Å². The van der Waals surface area contributed by atoms with Gasteiger partial charge in [0.05, 0.1) is 7.11 Å². The highest BCUT2D eigenvalue weighted by Crippen LogP contribution is 2.28. The molecule has 20 heavy (non-hydrogen) atoms. The number of benzene rings is 1. The zero-order valence-electron chi connectivity index (χ0n) is 10.7. The zero-order chi connectivity index (χ0) is 14.6. The highest BCUT2D eigenvalue weighted by atomic mass is 19.4. The van der Waals surface area contributed by atoms with E-state index in [2.05, 4.69) is 10.3 Å². The Morgan fingerprint density at radius 3 is 2.60 bits per heavy atom. The quantitative estimate of drug-likeness (QED) is 0.928. The Hall–Kier alpha value is -2.24. The van der Waals surface area contributed by atoms with Crippen LogP contribution in [0.2, 0.25) is 0 Å². The normalized spacial score (nSPS) is 11.2. The minimum absolute atomic E-state index is 0.183. The van der Waals surface area contributed by atoms with Gasteiger partial charge >= 0.3 is 6.18 Å². The zero-order valence-corrected chi connectivity index (χ0v) is 10.7. The van der Waals surface area contributed by atoms with E-state index in [-0.39, 0.29) is 5.82 Å². The fourth-order valence-electron chi connectivity index (χ4n) is 1.67. The number of hydrogen-bond acceptors (Lipinski definition) is 3. The molecule has 0 spiro atoms. The monoisotopic (exact) mass is 282 g/mol. The molecular weight excluding hydrogens is 269 g/mol. The van der Waals surface area contributed by atoms with E-state index >= 15 is 0 Å². The van der Waals surface area contributed by atoms with Gasteiger partial charge in [-0.1, -0.05) is 18.2 Å². The lowest BCUT2D eigenvalue weighted by molar-refractivity contribution is -0.141. The molecule has 0 unspecified atom stereocenters. The molecule has 6 heteroatoms. The number of pyridine rings is 1. The van der Waals surface area contributed by atoms with Gasteiger partial charge in [-0.05, 0) is 29.8 Å². The van der Waals surface area contributed by atoms with E-state index in [9.17, 15) is 13.2 Å². The molecule has 0 saturated heterocycles. The van der Waals surface area contributed by atoms with Gasteiger partial charge in [-0.2, -0.15) is 13.2 Å². The number of rotatable bonds is 4. The molecule has 0 atom stereocenters. The second-order valence-electron chi connectivity index (χ2n) is 4.11. The Morgan fingerprint density at radius 1 is 1.15 bits per heavy atom. The van der Waals surface area contributed by atoms with Crippen LogP contribution in [0.1, 0.15) is 11.3 Å². The third kappa shape index (κ3) is 3.63. The maximum absolute atomic E-state index is 12.5. The lowest BCUT2D eigenvalue weighted by Gasteiger charge is -2.10. The van der Waals surface area contributed by atoms with Gasteiger partial charge in [0.15, 0.2) is 0 Å². The highest BCUT2D eigenvalue weighted by molar-refractivity contribution is 5.38. The number of alkyl halides is 3. The second kappa shape index (κ2) is 5.81. The molecule has 3 nitrogen and oxygen atoms in total. The van der Waals surface area contributed by atoms with E-state index in [1.54, 1.807) is 19.2 Å². The van der Waals surface area contributed by atoms with Crippen molar-refractivity contribution in [2.75, 3.05) is 12.4 Å². The fraction of sp³-hybridized carbons (Fsp3) is 0.214. The molecular formula is C14H13F3N2O. The summed E-state index contributed by atoms with van der Waals surface area (Å²) in [5.74, 6) is 0.879. The number of nitrogens with one attached hydrogen (secondary N) is 1. The molecule has 1 N–H and O–H groups in total. The van der Waals surface area contributed by atoms with Crippen LogP contribution in [0.25, 0.3) is 0 Å². The first-order valence-electron chi connectivity index (χ1n) is 5.90. The van der Waals surface area contributed by atoms with Gasteiger partial charge < -0.3 is 10.1 Å². The molecule has 0 radical (unpaired) electrons. The van der Waals surface area contributed by atoms with E-state index in [1.807, 2.05) is 12.1 Å². The Kier molecular flexibility index (Phi) is 4.12. The molecule has 0 aliphatic carbocycles. The standard InChI is InChI=1S/C14H13F3N2O/c1-20-11-5-2-4-10(8-11)9-18-13-7-3-6-12(19-13)14(15,16)17/h2-8H,9H2,1H3,(H,18,19). The largest absolute Gasteiger partial charge is 0.497 e. The molecule has 0 fully saturated rings. The van der Waals surface area contributed by atoms with Crippen molar-refractivity contribution in [1.82, 2.24) is 4.98 Å². The van der Waals surface area contributed by atoms with Gasteiger partial charge in [0.25, 0.3) is 0 Å². The van der Waals surface area contributed by atoms with Crippen LogP contribution in [0.5, 0.6) is 5.75 Å². The van der Waals surface area contributed by atoms with E-state index in [1.165, 1.54) is 12.1 Å². The van der Waals surface area contributed by atoms with Crippen molar-refractivity contribution in [2.45, 2.75) is 12.7 Å². The average Bonchev–Trinajstić information content (AvgIpc) is 2.45. The number of aromatic nitrogens is 1. The molecule has 2 rings (SSSR count). The van der Waals surface area contributed by atoms with Crippen LogP contribution in [0.4, 0.5) is 19.0 Å². The van der Waals surface area contributed by atoms with Crippen LogP contribution >= 0.6 is 0 Å². The van der Waals surface area contributed by atoms with Crippen molar-refractivity contribution < 1.29 is 17.9 Å². The van der Waals surface area contributed by atoms with Crippen molar-refractivity contribution in [3.05, 3.63) is 53.7 Å². The van der Waals surface area contributed by atoms with Crippen LogP contribution in [0.3, 0.4) is 0 Å². The summed E-state index contributed by atoms with van der Waals surface area (Å²) in [5, 5.41) is 2.86. The van der Waals surface area contributed by atoms with E-state index in [4.69, 9.17) is 4.74 Å². The first-order valence-corrected chi connectivity index (χ1v) is 5.90. The van der Waals surface area contributed by atoms with Crippen LogP contribution in [0.15, 0.2) is 42.5 Å². The molecule has 0 aliphatic heterocycles. The molecule has 0 amide bonds. The maximum atomic E-state index is 12.5. The Morgan fingerprint density at radius 2 is 1.90 bits per heavy atom. The molecule has 0 bridgehead atoms. The number of hydrogen-bond donors (Lipinski definition) is 1. The predicted molar refractivity (Wildman–Crippen MR) is 69.6 cm³/mol. The summed E-state index contributed by atoms with van der Waals surface area (Å²) in [5.41, 5.74) is -0.0169. The summed E-state index contributed by atoms with van der Waals surface area (Å²) in [6, 6.07) is 11.0. The molecule has 0 aliphatic rings. The SMILES string of the molecule is COc1cccc(CNc2cccc(C(F)(F)F)n2)c1. The topological polar surface area (TPSA) is 34.1 Å². The smallest absolute Gasteiger partial charge is 0.433 e. The molecule has 2 aromatic rings. The molecule has 1 heterocycles. The van der Waals surface area contributed by atoms with Crippen LogP contribution in [-0.4, -0.2) is 12.1 Å². The van der Waals surface area contributed by atoms with Crippen molar-refractivity contribution in [2.24, 2.45) is 0 Å². The first kappa shape index (κ1) is 14.2. The Balaban J connectivity index is 2.07. The summed E-state index contributed by atoms with van der Waals surface area (Å²) >= 11 is 0. The van der Waals surface area contributed by atoms with Gasteiger partial charge in [0, 0.05) is 6.54 Å². The Labute approximate surface area is 114 Å². The van der Waals surface area contributed by atoms with E-state index in [0.717, 1.165) is 11.6 Å². The van der Waals surface area contributed by atoms with E-state index < -0.39 is 11.9 Å². The number of anilines is 1. The predicted octanol–water partition coefficient (Wildman–Crippen LogP) is 3.72. The van der Waals surface area contributed by atoms with Crippen LogP contribution < -0.4 is 10.1 Å². The van der Waals surface area contributed by atoms with Crippen molar-refractivity contribution >= 4 is 5.82 Å². The first-order chi connectivity index (χ1) is 9.49. The average molecular weight is 282 g/mol. The van der Waals surface area contributed by atoms with Crippen molar-refractivity contribution in [3.8, 4) is 5.75 Å². The third-order valence-corrected chi connectivity index (χ3v) is 2.65. The summed E-state index contributed by atoms with van der Waals surface area (Å²) in [6.07, 6.45) is -4.44. The van der Waals surface area contributed by atoms with Crippen molar-refractivity contribution in [3.63, 3.8) is 0 Å². The lowest BCUT2D eigenvalue weighted by Crippen LogP contribution is -2.10. The highest BCUT2D eigenvalue weighted by Gasteiger charge is 2.32. The molecule has 0 saturated carbocycles. The van der Waals surface area contributed by atoms with Crippen molar-refractivity contribution in [1.29, 1.82) is 0 Å². The number of methoxy groups -OCH3 is 1. The molecule has 1 aromatic heterocycles. The number of nitrogens with zero attached hydrogens (tertiary/aromatic N) is 1.